The summed E-state index contributed by atoms with van der Waals surface area (Å²) in [6.07, 6.45) is 3.54. The standard InChI is InChI=1S/C20H18ClFN4OS/c1-12-3-7-15(21)11-17(12)23-19(27)13(2)28-20-24-18(25-26-20)10-6-14-4-8-16(22)9-5-14/h3-11,13H,1-2H3,(H,23,27)(H,24,25,26)/b10-6+. The van der Waals surface area contributed by atoms with Gasteiger partial charge in [0.2, 0.25) is 11.1 Å². The summed E-state index contributed by atoms with van der Waals surface area (Å²) in [7, 11) is 0. The van der Waals surface area contributed by atoms with Gasteiger partial charge in [-0.25, -0.2) is 9.37 Å². The molecule has 0 bridgehead atoms. The van der Waals surface area contributed by atoms with Crippen molar-refractivity contribution in [2.75, 3.05) is 5.32 Å². The van der Waals surface area contributed by atoms with Crippen molar-refractivity contribution in [3.8, 4) is 0 Å². The number of amides is 1. The van der Waals surface area contributed by atoms with Crippen molar-refractivity contribution in [2.24, 2.45) is 0 Å². The maximum Gasteiger partial charge on any atom is 0.237 e. The number of hydrogen-bond donors (Lipinski definition) is 2. The molecule has 0 aliphatic heterocycles. The molecule has 2 aromatic carbocycles. The first kappa shape index (κ1) is 20.1. The van der Waals surface area contributed by atoms with Crippen LogP contribution in [0.4, 0.5) is 10.1 Å². The number of anilines is 1. The molecule has 3 rings (SSSR count). The second-order valence-electron chi connectivity index (χ2n) is 6.10. The lowest BCUT2D eigenvalue weighted by molar-refractivity contribution is -0.115. The average molecular weight is 417 g/mol. The molecular formula is C20H18ClFN4OS. The van der Waals surface area contributed by atoms with Gasteiger partial charge < -0.3 is 5.32 Å². The second kappa shape index (κ2) is 9.03. The van der Waals surface area contributed by atoms with E-state index in [1.165, 1.54) is 23.9 Å². The van der Waals surface area contributed by atoms with Crippen LogP contribution in [-0.2, 0) is 4.79 Å². The number of halogens is 2. The van der Waals surface area contributed by atoms with Crippen LogP contribution >= 0.6 is 23.4 Å². The molecule has 0 radical (unpaired) electrons. The first-order valence-corrected chi connectivity index (χ1v) is 9.76. The number of hydrogen-bond acceptors (Lipinski definition) is 4. The Labute approximate surface area is 171 Å². The largest absolute Gasteiger partial charge is 0.325 e. The van der Waals surface area contributed by atoms with Crippen molar-refractivity contribution < 1.29 is 9.18 Å². The van der Waals surface area contributed by atoms with Gasteiger partial charge in [-0.05, 0) is 55.3 Å². The van der Waals surface area contributed by atoms with Gasteiger partial charge in [0.05, 0.1) is 5.25 Å². The van der Waals surface area contributed by atoms with Gasteiger partial charge in [-0.15, -0.1) is 5.10 Å². The molecule has 0 spiro atoms. The smallest absolute Gasteiger partial charge is 0.237 e. The Morgan fingerprint density at radius 2 is 2.00 bits per heavy atom. The second-order valence-corrected chi connectivity index (χ2v) is 7.84. The number of thioether (sulfide) groups is 1. The molecule has 3 aromatic rings. The highest BCUT2D eigenvalue weighted by molar-refractivity contribution is 8.00. The number of aromatic nitrogens is 3. The van der Waals surface area contributed by atoms with Gasteiger partial charge in [-0.1, -0.05) is 47.6 Å². The monoisotopic (exact) mass is 416 g/mol. The van der Waals surface area contributed by atoms with Crippen LogP contribution in [0.3, 0.4) is 0 Å². The van der Waals surface area contributed by atoms with Gasteiger partial charge in [0.15, 0.2) is 0 Å². The number of nitrogens with zero attached hydrogens (tertiary/aromatic N) is 2. The van der Waals surface area contributed by atoms with Crippen LogP contribution in [0.25, 0.3) is 12.2 Å². The number of nitrogens with one attached hydrogen (secondary N) is 2. The predicted octanol–water partition coefficient (Wildman–Crippen LogP) is 5.20. The molecule has 2 N–H and O–H groups in total. The van der Waals surface area contributed by atoms with E-state index >= 15 is 0 Å². The van der Waals surface area contributed by atoms with E-state index in [1.807, 2.05) is 13.0 Å². The van der Waals surface area contributed by atoms with Crippen LogP contribution in [-0.4, -0.2) is 26.3 Å². The molecule has 0 fully saturated rings. The molecule has 0 aliphatic rings. The number of carbonyl (C=O) groups excluding carboxylic acids is 1. The number of aromatic amines is 1. The van der Waals surface area contributed by atoms with Gasteiger partial charge in [0, 0.05) is 10.7 Å². The quantitative estimate of drug-likeness (QED) is 0.542. The zero-order valence-corrected chi connectivity index (χ0v) is 16.8. The summed E-state index contributed by atoms with van der Waals surface area (Å²) in [6, 6.07) is 11.5. The molecule has 8 heteroatoms. The minimum atomic E-state index is -0.400. The Balaban J connectivity index is 1.60. The Kier molecular flexibility index (Phi) is 6.49. The summed E-state index contributed by atoms with van der Waals surface area (Å²) in [5.74, 6) is 0.101. The molecule has 28 heavy (non-hydrogen) atoms. The molecular weight excluding hydrogens is 399 g/mol. The van der Waals surface area contributed by atoms with Crippen LogP contribution in [0.5, 0.6) is 0 Å². The molecule has 1 amide bonds. The van der Waals surface area contributed by atoms with E-state index in [9.17, 15) is 9.18 Å². The van der Waals surface area contributed by atoms with Gasteiger partial charge in [-0.3, -0.25) is 9.89 Å². The first-order chi connectivity index (χ1) is 13.4. The maximum atomic E-state index is 12.9. The fourth-order valence-corrected chi connectivity index (χ4v) is 3.21. The van der Waals surface area contributed by atoms with Gasteiger partial charge in [-0.2, -0.15) is 0 Å². The number of aryl methyl sites for hydroxylation is 1. The lowest BCUT2D eigenvalue weighted by atomic mass is 10.2. The highest BCUT2D eigenvalue weighted by Crippen LogP contribution is 2.24. The van der Waals surface area contributed by atoms with Crippen LogP contribution < -0.4 is 5.32 Å². The van der Waals surface area contributed by atoms with E-state index < -0.39 is 5.25 Å². The fraction of sp³-hybridized carbons (Fsp3) is 0.150. The predicted molar refractivity (Wildman–Crippen MR) is 112 cm³/mol. The molecule has 1 heterocycles. The highest BCUT2D eigenvalue weighted by atomic mass is 35.5. The molecule has 0 saturated carbocycles. The number of H-pyrrole nitrogens is 1. The van der Waals surface area contributed by atoms with Crippen LogP contribution in [0.1, 0.15) is 23.9 Å². The Morgan fingerprint density at radius 1 is 1.25 bits per heavy atom. The van der Waals surface area contributed by atoms with E-state index in [-0.39, 0.29) is 11.7 Å². The molecule has 0 aliphatic carbocycles. The molecule has 144 valence electrons. The molecule has 1 aromatic heterocycles. The lowest BCUT2D eigenvalue weighted by Gasteiger charge is -2.12. The molecule has 0 saturated heterocycles. The summed E-state index contributed by atoms with van der Waals surface area (Å²) < 4.78 is 12.9. The Hall–Kier alpha value is -2.64. The van der Waals surface area contributed by atoms with Crippen LogP contribution in [0.2, 0.25) is 5.02 Å². The summed E-state index contributed by atoms with van der Waals surface area (Å²) in [5, 5.41) is 10.4. The minimum absolute atomic E-state index is 0.163. The zero-order valence-electron chi connectivity index (χ0n) is 15.2. The fourth-order valence-electron chi connectivity index (χ4n) is 2.31. The molecule has 1 unspecified atom stereocenters. The summed E-state index contributed by atoms with van der Waals surface area (Å²) in [5.41, 5.74) is 2.46. The zero-order chi connectivity index (χ0) is 20.1. The van der Waals surface area contributed by atoms with Gasteiger partial charge in [0.25, 0.3) is 0 Å². The maximum absolute atomic E-state index is 12.9. The third kappa shape index (κ3) is 5.43. The molecule has 1 atom stereocenters. The van der Waals surface area contributed by atoms with Crippen LogP contribution in [0, 0.1) is 12.7 Å². The topological polar surface area (TPSA) is 70.7 Å². The third-order valence-electron chi connectivity index (χ3n) is 3.89. The average Bonchev–Trinajstić information content (AvgIpc) is 3.11. The third-order valence-corrected chi connectivity index (χ3v) is 5.09. The van der Waals surface area contributed by atoms with E-state index in [1.54, 1.807) is 43.3 Å². The number of carbonyl (C=O) groups is 1. The van der Waals surface area contributed by atoms with E-state index in [0.29, 0.717) is 21.7 Å². The Morgan fingerprint density at radius 3 is 2.75 bits per heavy atom. The van der Waals surface area contributed by atoms with Crippen LogP contribution in [0.15, 0.2) is 47.6 Å². The Bertz CT molecular complexity index is 1000. The van der Waals surface area contributed by atoms with Crippen molar-refractivity contribution >= 4 is 47.1 Å². The van der Waals surface area contributed by atoms with Crippen molar-refractivity contribution in [1.29, 1.82) is 0 Å². The van der Waals surface area contributed by atoms with Crippen molar-refractivity contribution in [1.82, 2.24) is 15.2 Å². The van der Waals surface area contributed by atoms with E-state index in [4.69, 9.17) is 11.6 Å². The van der Waals surface area contributed by atoms with E-state index in [2.05, 4.69) is 20.5 Å². The lowest BCUT2D eigenvalue weighted by Crippen LogP contribution is -2.23. The van der Waals surface area contributed by atoms with Gasteiger partial charge >= 0.3 is 0 Å². The summed E-state index contributed by atoms with van der Waals surface area (Å²) in [4.78, 5) is 16.8. The van der Waals surface area contributed by atoms with Crippen molar-refractivity contribution in [2.45, 2.75) is 24.3 Å². The molecule has 5 nitrogen and oxygen atoms in total. The van der Waals surface area contributed by atoms with Gasteiger partial charge in [0.1, 0.15) is 11.6 Å². The summed E-state index contributed by atoms with van der Waals surface area (Å²) >= 11 is 7.23. The van der Waals surface area contributed by atoms with E-state index in [0.717, 1.165) is 11.1 Å². The number of rotatable bonds is 6. The highest BCUT2D eigenvalue weighted by Gasteiger charge is 2.18. The normalized spacial score (nSPS) is 12.3. The SMILES string of the molecule is Cc1ccc(Cl)cc1NC(=O)C(C)Sc1n[nH]c(/C=C/c2ccc(F)cc2)n1. The van der Waals surface area contributed by atoms with Crippen molar-refractivity contribution in [3.63, 3.8) is 0 Å². The summed E-state index contributed by atoms with van der Waals surface area (Å²) in [6.45, 7) is 3.68. The van der Waals surface area contributed by atoms with Crippen molar-refractivity contribution in [3.05, 3.63) is 70.3 Å². The first-order valence-electron chi connectivity index (χ1n) is 8.50. The number of benzene rings is 2. The minimum Gasteiger partial charge on any atom is -0.325 e.